The molecule has 0 unspecified atom stereocenters. The molecular weight excluding hydrogens is 481 g/mol. The van der Waals surface area contributed by atoms with Crippen LogP contribution in [-0.4, -0.2) is 59.7 Å². The predicted molar refractivity (Wildman–Crippen MR) is 133 cm³/mol. The molecule has 1 saturated heterocycles. The fourth-order valence-electron chi connectivity index (χ4n) is 3.18. The van der Waals surface area contributed by atoms with Gasteiger partial charge in [0.05, 0.1) is 26.5 Å². The number of methoxy groups -OCH3 is 1. The van der Waals surface area contributed by atoms with E-state index in [0.717, 1.165) is 11.3 Å². The SMILES string of the molecule is COc1cc(Cl)cc(C=NNc2nc(Nc3ccc(C)c(Cl)c3)nc(N3CCOCC3)n2)c1O. The number of phenolic OH excluding ortho intramolecular Hbond substituents is 1. The lowest BCUT2D eigenvalue weighted by molar-refractivity contribution is 0.122. The topological polar surface area (TPSA) is 117 Å². The first-order chi connectivity index (χ1) is 16.4. The van der Waals surface area contributed by atoms with Crippen molar-refractivity contribution < 1.29 is 14.6 Å². The van der Waals surface area contributed by atoms with Gasteiger partial charge in [0.1, 0.15) is 0 Å². The van der Waals surface area contributed by atoms with Crippen molar-refractivity contribution in [3.63, 3.8) is 0 Å². The Bertz CT molecular complexity index is 1200. The molecule has 2 aromatic carbocycles. The van der Waals surface area contributed by atoms with E-state index >= 15 is 0 Å². The number of halogens is 2. The molecule has 1 aliphatic rings. The number of aromatic nitrogens is 3. The lowest BCUT2D eigenvalue weighted by atomic mass is 10.2. The quantitative estimate of drug-likeness (QED) is 0.321. The van der Waals surface area contributed by atoms with Crippen LogP contribution in [0, 0.1) is 6.92 Å². The maximum Gasteiger partial charge on any atom is 0.250 e. The monoisotopic (exact) mass is 503 g/mol. The highest BCUT2D eigenvalue weighted by molar-refractivity contribution is 6.31. The Kier molecular flexibility index (Phi) is 7.51. The number of aromatic hydroxyl groups is 1. The summed E-state index contributed by atoms with van der Waals surface area (Å²) in [6.07, 6.45) is 1.40. The van der Waals surface area contributed by atoms with Crippen molar-refractivity contribution in [1.82, 2.24) is 15.0 Å². The van der Waals surface area contributed by atoms with E-state index in [-0.39, 0.29) is 17.4 Å². The Labute approximate surface area is 206 Å². The fourth-order valence-corrected chi connectivity index (χ4v) is 3.58. The van der Waals surface area contributed by atoms with Crippen LogP contribution < -0.4 is 20.4 Å². The molecule has 12 heteroatoms. The molecule has 10 nitrogen and oxygen atoms in total. The molecule has 4 rings (SSSR count). The minimum atomic E-state index is -0.0827. The zero-order valence-electron chi connectivity index (χ0n) is 18.5. The van der Waals surface area contributed by atoms with Crippen molar-refractivity contribution in [3.8, 4) is 11.5 Å². The Morgan fingerprint density at radius 1 is 1.12 bits per heavy atom. The Morgan fingerprint density at radius 2 is 1.88 bits per heavy atom. The van der Waals surface area contributed by atoms with Gasteiger partial charge in [0, 0.05) is 40.5 Å². The maximum atomic E-state index is 10.3. The summed E-state index contributed by atoms with van der Waals surface area (Å²) in [6, 6.07) is 8.67. The van der Waals surface area contributed by atoms with E-state index in [2.05, 4.69) is 30.8 Å². The predicted octanol–water partition coefficient (Wildman–Crippen LogP) is 4.23. The van der Waals surface area contributed by atoms with E-state index in [9.17, 15) is 5.11 Å². The second-order valence-electron chi connectivity index (χ2n) is 7.39. The minimum absolute atomic E-state index is 0.0827. The number of nitrogens with zero attached hydrogens (tertiary/aromatic N) is 5. The zero-order valence-corrected chi connectivity index (χ0v) is 20.1. The summed E-state index contributed by atoms with van der Waals surface area (Å²) in [6.45, 7) is 4.40. The van der Waals surface area contributed by atoms with Crippen LogP contribution in [0.15, 0.2) is 35.4 Å². The highest BCUT2D eigenvalue weighted by atomic mass is 35.5. The minimum Gasteiger partial charge on any atom is -0.504 e. The van der Waals surface area contributed by atoms with Gasteiger partial charge in [0.2, 0.25) is 17.8 Å². The first kappa shape index (κ1) is 23.8. The summed E-state index contributed by atoms with van der Waals surface area (Å²) in [5.74, 6) is 1.17. The number of hydrogen-bond acceptors (Lipinski definition) is 10. The van der Waals surface area contributed by atoms with Gasteiger partial charge >= 0.3 is 0 Å². The van der Waals surface area contributed by atoms with Gasteiger partial charge in [-0.2, -0.15) is 20.1 Å². The van der Waals surface area contributed by atoms with E-state index in [0.29, 0.717) is 53.8 Å². The van der Waals surface area contributed by atoms with Crippen LogP contribution in [0.1, 0.15) is 11.1 Å². The van der Waals surface area contributed by atoms with Crippen molar-refractivity contribution in [3.05, 3.63) is 51.5 Å². The summed E-state index contributed by atoms with van der Waals surface area (Å²) in [5.41, 5.74) is 4.86. The first-order valence-corrected chi connectivity index (χ1v) is 11.2. The zero-order chi connectivity index (χ0) is 24.1. The number of nitrogens with one attached hydrogen (secondary N) is 2. The molecule has 34 heavy (non-hydrogen) atoms. The lowest BCUT2D eigenvalue weighted by Gasteiger charge is -2.27. The molecule has 1 aromatic heterocycles. The molecule has 0 spiro atoms. The summed E-state index contributed by atoms with van der Waals surface area (Å²) in [4.78, 5) is 15.4. The van der Waals surface area contributed by atoms with Crippen LogP contribution >= 0.6 is 23.2 Å². The van der Waals surface area contributed by atoms with E-state index in [4.69, 9.17) is 32.7 Å². The number of benzene rings is 2. The molecule has 0 radical (unpaired) electrons. The Morgan fingerprint density at radius 3 is 2.62 bits per heavy atom. The van der Waals surface area contributed by atoms with Gasteiger partial charge in [0.15, 0.2) is 11.5 Å². The van der Waals surface area contributed by atoms with Gasteiger partial charge in [-0.05, 0) is 30.7 Å². The van der Waals surface area contributed by atoms with Crippen molar-refractivity contribution in [2.24, 2.45) is 5.10 Å². The number of hydrogen-bond donors (Lipinski definition) is 3. The Hall–Kier alpha value is -3.34. The highest BCUT2D eigenvalue weighted by Crippen LogP contribution is 2.32. The number of morpholine rings is 1. The number of phenols is 1. The molecule has 0 bridgehead atoms. The number of rotatable bonds is 7. The maximum absolute atomic E-state index is 10.3. The summed E-state index contributed by atoms with van der Waals surface area (Å²) >= 11 is 12.3. The molecule has 0 aliphatic carbocycles. The normalized spacial score (nSPS) is 13.8. The largest absolute Gasteiger partial charge is 0.504 e. The van der Waals surface area contributed by atoms with Crippen LogP contribution in [0.5, 0.6) is 11.5 Å². The van der Waals surface area contributed by atoms with Crippen molar-refractivity contribution in [2.45, 2.75) is 6.92 Å². The first-order valence-electron chi connectivity index (χ1n) is 10.4. The molecule has 2 heterocycles. The number of ether oxygens (including phenoxy) is 2. The average molecular weight is 504 g/mol. The second kappa shape index (κ2) is 10.7. The molecule has 0 amide bonds. The van der Waals surface area contributed by atoms with Crippen molar-refractivity contribution >= 4 is 52.9 Å². The third kappa shape index (κ3) is 5.77. The van der Waals surface area contributed by atoms with E-state index in [1.54, 1.807) is 12.1 Å². The van der Waals surface area contributed by atoms with Gasteiger partial charge in [-0.15, -0.1) is 0 Å². The summed E-state index contributed by atoms with van der Waals surface area (Å²) in [7, 11) is 1.44. The van der Waals surface area contributed by atoms with Crippen LogP contribution in [0.25, 0.3) is 0 Å². The summed E-state index contributed by atoms with van der Waals surface area (Å²) < 4.78 is 10.5. The van der Waals surface area contributed by atoms with Gasteiger partial charge in [-0.25, -0.2) is 5.43 Å². The van der Waals surface area contributed by atoms with Gasteiger partial charge in [-0.1, -0.05) is 29.3 Å². The lowest BCUT2D eigenvalue weighted by Crippen LogP contribution is -2.37. The fraction of sp³-hybridized carbons (Fsp3) is 0.273. The van der Waals surface area contributed by atoms with E-state index < -0.39 is 0 Å². The molecule has 1 fully saturated rings. The standard InChI is InChI=1S/C22H23Cl2N7O3/c1-13-3-4-16(11-17(13)24)26-20-27-21(29-22(28-20)31-5-7-34-8-6-31)30-25-12-14-9-15(23)10-18(33-2)19(14)32/h3-4,9-12,32H,5-8H2,1-2H3,(H2,26,27,28,29,30). The van der Waals surface area contributed by atoms with Crippen molar-refractivity contribution in [1.29, 1.82) is 0 Å². The number of hydrazone groups is 1. The van der Waals surface area contributed by atoms with E-state index in [1.165, 1.54) is 19.4 Å². The molecule has 0 saturated carbocycles. The molecule has 3 aromatic rings. The summed E-state index contributed by atoms with van der Waals surface area (Å²) in [5, 5.41) is 18.6. The number of anilines is 4. The molecule has 1 aliphatic heterocycles. The van der Waals surface area contributed by atoms with Crippen LogP contribution in [0.3, 0.4) is 0 Å². The highest BCUT2D eigenvalue weighted by Gasteiger charge is 2.17. The van der Waals surface area contributed by atoms with Crippen LogP contribution in [-0.2, 0) is 4.74 Å². The Balaban J connectivity index is 1.60. The van der Waals surface area contributed by atoms with Crippen molar-refractivity contribution in [2.75, 3.05) is 49.1 Å². The molecule has 178 valence electrons. The average Bonchev–Trinajstić information content (AvgIpc) is 2.84. The molecule has 3 N–H and O–H groups in total. The van der Waals surface area contributed by atoms with Gasteiger partial charge in [0.25, 0.3) is 0 Å². The second-order valence-corrected chi connectivity index (χ2v) is 8.23. The van der Waals surface area contributed by atoms with Crippen LogP contribution in [0.2, 0.25) is 10.0 Å². The third-order valence-electron chi connectivity index (χ3n) is 5.00. The van der Waals surface area contributed by atoms with Gasteiger partial charge in [-0.3, -0.25) is 0 Å². The van der Waals surface area contributed by atoms with Gasteiger partial charge < -0.3 is 24.8 Å². The number of aryl methyl sites for hydroxylation is 1. The third-order valence-corrected chi connectivity index (χ3v) is 5.63. The molecule has 0 atom stereocenters. The molecular formula is C22H23Cl2N7O3. The smallest absolute Gasteiger partial charge is 0.250 e. The van der Waals surface area contributed by atoms with E-state index in [1.807, 2.05) is 24.0 Å². The van der Waals surface area contributed by atoms with Crippen LogP contribution in [0.4, 0.5) is 23.5 Å².